The Morgan fingerprint density at radius 2 is 1.89 bits per heavy atom. The highest BCUT2D eigenvalue weighted by Gasteiger charge is 2.26. The van der Waals surface area contributed by atoms with Crippen molar-refractivity contribution in [3.8, 4) is 5.88 Å². The molecular formula is C30H35N5O3. The van der Waals surface area contributed by atoms with Crippen molar-refractivity contribution in [1.82, 2.24) is 24.2 Å². The van der Waals surface area contributed by atoms with E-state index in [-0.39, 0.29) is 11.9 Å². The van der Waals surface area contributed by atoms with Gasteiger partial charge in [0.25, 0.3) is 0 Å². The van der Waals surface area contributed by atoms with Crippen LogP contribution in [0.5, 0.6) is 5.88 Å². The molecule has 4 heterocycles. The van der Waals surface area contributed by atoms with E-state index < -0.39 is 0 Å². The van der Waals surface area contributed by atoms with Crippen molar-refractivity contribution in [2.45, 2.75) is 65.0 Å². The fourth-order valence-corrected chi connectivity index (χ4v) is 5.41. The Labute approximate surface area is 223 Å². The molecule has 2 saturated heterocycles. The summed E-state index contributed by atoms with van der Waals surface area (Å²) in [6.07, 6.45) is 5.46. The molecule has 2 aliphatic rings. The number of ketones is 1. The predicted molar refractivity (Wildman–Crippen MR) is 145 cm³/mol. The predicted octanol–water partition coefficient (Wildman–Crippen LogP) is 4.95. The minimum absolute atomic E-state index is 0.0747. The van der Waals surface area contributed by atoms with Gasteiger partial charge in [0.05, 0.1) is 36.3 Å². The number of hydrogen-bond acceptors (Lipinski definition) is 6. The number of rotatable bonds is 9. The van der Waals surface area contributed by atoms with Crippen molar-refractivity contribution in [2.75, 3.05) is 19.7 Å². The monoisotopic (exact) mass is 513 g/mol. The molecule has 2 aliphatic heterocycles. The fourth-order valence-electron chi connectivity index (χ4n) is 5.41. The average Bonchev–Trinajstić information content (AvgIpc) is 3.44. The maximum Gasteiger partial charge on any atom is 0.236 e. The summed E-state index contributed by atoms with van der Waals surface area (Å²) in [5.41, 5.74) is 4.90. The SMILES string of the molecule is CC(=O)c1ccc2nc(CN3CCC(n4cc(C)c(OCc5ccccc5)n4)CC3)n(C[C@@H]3CCO3)c2c1. The second-order valence-electron chi connectivity index (χ2n) is 10.6. The summed E-state index contributed by atoms with van der Waals surface area (Å²) in [4.78, 5) is 19.5. The molecule has 0 N–H and O–H groups in total. The van der Waals surface area contributed by atoms with Gasteiger partial charge in [0.15, 0.2) is 5.78 Å². The topological polar surface area (TPSA) is 74.4 Å². The van der Waals surface area contributed by atoms with Crippen LogP contribution in [-0.4, -0.2) is 55.8 Å². The van der Waals surface area contributed by atoms with Crippen LogP contribution in [0.15, 0.2) is 54.7 Å². The van der Waals surface area contributed by atoms with Crippen molar-refractivity contribution in [3.63, 3.8) is 0 Å². The molecule has 0 aliphatic carbocycles. The standard InChI is InChI=1S/C30H35N5O3/c1-21-17-35(32-30(21)38-20-23-6-4-3-5-7-23)25-10-13-33(14-11-25)19-29-31-27-9-8-24(22(2)36)16-28(27)34(29)18-26-12-15-37-26/h3-9,16-17,25-26H,10-15,18-20H2,1-2H3/t26-/m0/s1. The van der Waals surface area contributed by atoms with E-state index in [1.54, 1.807) is 6.92 Å². The molecular weight excluding hydrogens is 478 g/mol. The van der Waals surface area contributed by atoms with Gasteiger partial charge in [0, 0.05) is 37.0 Å². The van der Waals surface area contributed by atoms with Crippen LogP contribution in [0.4, 0.5) is 0 Å². The lowest BCUT2D eigenvalue weighted by Crippen LogP contribution is -2.36. The zero-order valence-corrected chi connectivity index (χ0v) is 22.2. The molecule has 0 amide bonds. The molecule has 0 bridgehead atoms. The maximum atomic E-state index is 12.0. The van der Waals surface area contributed by atoms with Gasteiger partial charge < -0.3 is 14.0 Å². The van der Waals surface area contributed by atoms with Gasteiger partial charge in [-0.25, -0.2) is 4.98 Å². The Morgan fingerprint density at radius 1 is 1.11 bits per heavy atom. The van der Waals surface area contributed by atoms with Gasteiger partial charge in [-0.3, -0.25) is 14.4 Å². The van der Waals surface area contributed by atoms with Gasteiger partial charge in [-0.05, 0) is 56.9 Å². The second-order valence-corrected chi connectivity index (χ2v) is 10.6. The first kappa shape index (κ1) is 24.8. The van der Waals surface area contributed by atoms with E-state index in [1.165, 1.54) is 0 Å². The van der Waals surface area contributed by atoms with Crippen LogP contribution in [0.3, 0.4) is 0 Å². The Balaban J connectivity index is 1.12. The lowest BCUT2D eigenvalue weighted by Gasteiger charge is -2.32. The van der Waals surface area contributed by atoms with Gasteiger partial charge in [-0.1, -0.05) is 30.3 Å². The van der Waals surface area contributed by atoms with Crippen LogP contribution in [-0.2, 0) is 24.4 Å². The molecule has 8 heteroatoms. The van der Waals surface area contributed by atoms with Crippen LogP contribution in [0.25, 0.3) is 11.0 Å². The summed E-state index contributed by atoms with van der Waals surface area (Å²) >= 11 is 0. The number of aromatic nitrogens is 4. The number of hydrogen-bond donors (Lipinski definition) is 0. The first-order chi connectivity index (χ1) is 18.5. The number of carbonyl (C=O) groups excluding carboxylic acids is 1. The first-order valence-electron chi connectivity index (χ1n) is 13.6. The Bertz CT molecular complexity index is 1410. The van der Waals surface area contributed by atoms with Crippen molar-refractivity contribution >= 4 is 16.8 Å². The average molecular weight is 514 g/mol. The van der Waals surface area contributed by atoms with Crippen molar-refractivity contribution in [3.05, 3.63) is 77.2 Å². The number of aryl methyl sites for hydroxylation is 1. The summed E-state index contributed by atoms with van der Waals surface area (Å²) in [7, 11) is 0. The van der Waals surface area contributed by atoms with Gasteiger partial charge in [-0.15, -0.1) is 5.10 Å². The number of Topliss-reactive ketones (excluding diaryl/α,β-unsaturated/α-hetero) is 1. The zero-order chi connectivity index (χ0) is 26.1. The molecule has 2 fully saturated rings. The Morgan fingerprint density at radius 3 is 2.61 bits per heavy atom. The van der Waals surface area contributed by atoms with E-state index in [0.29, 0.717) is 18.5 Å². The van der Waals surface area contributed by atoms with Gasteiger partial charge in [-0.2, -0.15) is 0 Å². The van der Waals surface area contributed by atoms with Gasteiger partial charge >= 0.3 is 0 Å². The van der Waals surface area contributed by atoms with Crippen LogP contribution in [0.2, 0.25) is 0 Å². The number of imidazole rings is 1. The number of carbonyl (C=O) groups is 1. The normalized spacial score (nSPS) is 18.5. The van der Waals surface area contributed by atoms with E-state index in [9.17, 15) is 4.79 Å². The van der Waals surface area contributed by atoms with E-state index >= 15 is 0 Å². The number of fused-ring (bicyclic) bond motifs is 1. The van der Waals surface area contributed by atoms with Crippen LogP contribution in [0.1, 0.15) is 59.5 Å². The number of likely N-dealkylation sites (tertiary alicyclic amines) is 1. The third-order valence-corrected chi connectivity index (χ3v) is 7.80. The summed E-state index contributed by atoms with van der Waals surface area (Å²) in [6, 6.07) is 16.4. The lowest BCUT2D eigenvalue weighted by atomic mass is 10.1. The summed E-state index contributed by atoms with van der Waals surface area (Å²) in [5.74, 6) is 1.83. The molecule has 8 nitrogen and oxygen atoms in total. The molecule has 0 saturated carbocycles. The zero-order valence-electron chi connectivity index (χ0n) is 22.2. The molecule has 4 aromatic rings. The lowest BCUT2D eigenvalue weighted by molar-refractivity contribution is -0.0592. The van der Waals surface area contributed by atoms with Gasteiger partial charge in [0.2, 0.25) is 5.88 Å². The number of ether oxygens (including phenoxy) is 2. The highest BCUT2D eigenvalue weighted by Crippen LogP contribution is 2.28. The van der Waals surface area contributed by atoms with E-state index in [4.69, 9.17) is 19.6 Å². The van der Waals surface area contributed by atoms with Crippen molar-refractivity contribution in [1.29, 1.82) is 0 Å². The molecule has 0 spiro atoms. The number of nitrogens with zero attached hydrogens (tertiary/aromatic N) is 5. The Hall–Kier alpha value is -3.49. The third kappa shape index (κ3) is 5.24. The highest BCUT2D eigenvalue weighted by molar-refractivity contribution is 5.97. The molecule has 38 heavy (non-hydrogen) atoms. The minimum atomic E-state index is 0.0747. The van der Waals surface area contributed by atoms with E-state index in [0.717, 1.165) is 85.6 Å². The molecule has 6 rings (SSSR count). The number of piperidine rings is 1. The van der Waals surface area contributed by atoms with Crippen LogP contribution < -0.4 is 4.74 Å². The fraction of sp³-hybridized carbons (Fsp3) is 0.433. The highest BCUT2D eigenvalue weighted by atomic mass is 16.5. The largest absolute Gasteiger partial charge is 0.472 e. The second kappa shape index (κ2) is 10.7. The summed E-state index contributed by atoms with van der Waals surface area (Å²) in [5, 5.41) is 4.79. The Kier molecular flexibility index (Phi) is 7.00. The van der Waals surface area contributed by atoms with Crippen molar-refractivity contribution in [2.24, 2.45) is 0 Å². The molecule has 1 atom stereocenters. The molecule has 0 unspecified atom stereocenters. The molecule has 0 radical (unpaired) electrons. The smallest absolute Gasteiger partial charge is 0.236 e. The molecule has 198 valence electrons. The van der Waals surface area contributed by atoms with Gasteiger partial charge in [0.1, 0.15) is 12.4 Å². The summed E-state index contributed by atoms with van der Waals surface area (Å²) < 4.78 is 16.1. The quantitative estimate of drug-likeness (QED) is 0.295. The minimum Gasteiger partial charge on any atom is -0.472 e. The first-order valence-corrected chi connectivity index (χ1v) is 13.6. The van der Waals surface area contributed by atoms with Crippen LogP contribution >= 0.6 is 0 Å². The number of benzene rings is 2. The van der Waals surface area contributed by atoms with E-state index in [2.05, 4.69) is 39.4 Å². The third-order valence-electron chi connectivity index (χ3n) is 7.80. The van der Waals surface area contributed by atoms with Crippen LogP contribution in [0, 0.1) is 6.92 Å². The van der Waals surface area contributed by atoms with E-state index in [1.807, 2.05) is 36.4 Å². The maximum absolute atomic E-state index is 12.0. The molecule has 2 aromatic carbocycles. The van der Waals surface area contributed by atoms with Crippen molar-refractivity contribution < 1.29 is 14.3 Å². The molecule has 2 aromatic heterocycles. The summed E-state index contributed by atoms with van der Waals surface area (Å²) in [6.45, 7) is 8.54.